The first-order chi connectivity index (χ1) is 10.5. The van der Waals surface area contributed by atoms with Gasteiger partial charge < -0.3 is 10.1 Å². The second kappa shape index (κ2) is 5.73. The number of phenols is 1. The molecule has 3 nitrogen and oxygen atoms in total. The van der Waals surface area contributed by atoms with Crippen LogP contribution in [0.2, 0.25) is 15.1 Å². The number of aromatic nitrogens is 1. The number of aromatic hydroxyl groups is 1. The zero-order chi connectivity index (χ0) is 15.9. The Morgan fingerprint density at radius 1 is 1.05 bits per heavy atom. The fourth-order valence-electron chi connectivity index (χ4n) is 2.44. The molecule has 0 spiro atoms. The minimum Gasteiger partial charge on any atom is -0.507 e. The number of phenolic OH excluding ortho intramolecular Hbond substituents is 1. The van der Waals surface area contributed by atoms with E-state index in [0.29, 0.717) is 31.6 Å². The summed E-state index contributed by atoms with van der Waals surface area (Å²) in [6.45, 7) is 0. The summed E-state index contributed by atoms with van der Waals surface area (Å²) in [5.41, 5.74) is 2.60. The van der Waals surface area contributed by atoms with E-state index in [1.165, 1.54) is 6.07 Å². The predicted molar refractivity (Wildman–Crippen MR) is 89.7 cm³/mol. The zero-order valence-corrected chi connectivity index (χ0v) is 13.4. The number of benzene rings is 2. The van der Waals surface area contributed by atoms with Gasteiger partial charge in [0.25, 0.3) is 0 Å². The lowest BCUT2D eigenvalue weighted by atomic mass is 10.00. The molecule has 0 saturated heterocycles. The number of halogens is 3. The predicted octanol–water partition coefficient (Wildman–Crippen LogP) is 5.57. The highest BCUT2D eigenvalue weighted by molar-refractivity contribution is 6.44. The second-order valence-electron chi connectivity index (χ2n) is 4.78. The molecule has 0 aliphatic heterocycles. The molecule has 0 unspecified atom stereocenters. The first kappa shape index (κ1) is 15.1. The van der Waals surface area contributed by atoms with Crippen LogP contribution in [0.5, 0.6) is 5.75 Å². The van der Waals surface area contributed by atoms with E-state index in [9.17, 15) is 5.11 Å². The van der Waals surface area contributed by atoms with Gasteiger partial charge in [-0.05, 0) is 29.8 Å². The Labute approximate surface area is 141 Å². The van der Waals surface area contributed by atoms with E-state index in [1.807, 2.05) is 6.07 Å². The third kappa shape index (κ3) is 2.40. The SMILES string of the molecule is N#CCc1c[nH]c2ccc(-c3cc(Cl)c(Cl)cc3Cl)c(O)c12. The van der Waals surface area contributed by atoms with E-state index in [1.54, 1.807) is 18.3 Å². The molecule has 3 aromatic rings. The Bertz CT molecular complexity index is 925. The fourth-order valence-corrected chi connectivity index (χ4v) is 3.09. The Hall–Kier alpha value is -1.86. The third-order valence-electron chi connectivity index (χ3n) is 3.47. The number of nitrogens with zero attached hydrogens (tertiary/aromatic N) is 1. The van der Waals surface area contributed by atoms with Crippen LogP contribution in [0.1, 0.15) is 5.56 Å². The maximum absolute atomic E-state index is 10.6. The van der Waals surface area contributed by atoms with Crippen molar-refractivity contribution in [3.05, 3.63) is 51.1 Å². The first-order valence-corrected chi connectivity index (χ1v) is 7.50. The lowest BCUT2D eigenvalue weighted by Gasteiger charge is -2.10. The molecule has 110 valence electrons. The molecule has 3 rings (SSSR count). The van der Waals surface area contributed by atoms with Crippen LogP contribution in [0.4, 0.5) is 0 Å². The van der Waals surface area contributed by atoms with E-state index in [4.69, 9.17) is 40.1 Å². The third-order valence-corrected chi connectivity index (χ3v) is 4.51. The molecule has 0 saturated carbocycles. The molecule has 2 N–H and O–H groups in total. The highest BCUT2D eigenvalue weighted by atomic mass is 35.5. The van der Waals surface area contributed by atoms with E-state index in [2.05, 4.69) is 11.1 Å². The summed E-state index contributed by atoms with van der Waals surface area (Å²) in [7, 11) is 0. The Morgan fingerprint density at radius 3 is 2.50 bits per heavy atom. The van der Waals surface area contributed by atoms with Crippen molar-refractivity contribution in [3.8, 4) is 22.9 Å². The number of fused-ring (bicyclic) bond motifs is 1. The summed E-state index contributed by atoms with van der Waals surface area (Å²) >= 11 is 18.2. The number of H-pyrrole nitrogens is 1. The fraction of sp³-hybridized carbons (Fsp3) is 0.0625. The van der Waals surface area contributed by atoms with Crippen LogP contribution in [-0.4, -0.2) is 10.1 Å². The van der Waals surface area contributed by atoms with Gasteiger partial charge in [-0.25, -0.2) is 0 Å². The Morgan fingerprint density at radius 2 is 1.77 bits per heavy atom. The van der Waals surface area contributed by atoms with Crippen molar-refractivity contribution in [1.82, 2.24) is 4.98 Å². The van der Waals surface area contributed by atoms with E-state index in [0.717, 1.165) is 11.1 Å². The number of hydrogen-bond acceptors (Lipinski definition) is 2. The lowest BCUT2D eigenvalue weighted by Crippen LogP contribution is -1.85. The molecule has 6 heteroatoms. The summed E-state index contributed by atoms with van der Waals surface area (Å²) in [4.78, 5) is 3.04. The topological polar surface area (TPSA) is 59.8 Å². The van der Waals surface area contributed by atoms with Gasteiger partial charge in [-0.2, -0.15) is 5.26 Å². The molecule has 0 radical (unpaired) electrons. The van der Waals surface area contributed by atoms with Crippen LogP contribution >= 0.6 is 34.8 Å². The lowest BCUT2D eigenvalue weighted by molar-refractivity contribution is 0.483. The van der Waals surface area contributed by atoms with Gasteiger partial charge in [-0.3, -0.25) is 0 Å². The van der Waals surface area contributed by atoms with Gasteiger partial charge in [0.15, 0.2) is 0 Å². The van der Waals surface area contributed by atoms with Gasteiger partial charge in [0.2, 0.25) is 0 Å². The van der Waals surface area contributed by atoms with Gasteiger partial charge in [0.1, 0.15) is 5.75 Å². The summed E-state index contributed by atoms with van der Waals surface area (Å²) in [5.74, 6) is 0.0595. The zero-order valence-electron chi connectivity index (χ0n) is 11.1. The van der Waals surface area contributed by atoms with E-state index < -0.39 is 0 Å². The van der Waals surface area contributed by atoms with Crippen molar-refractivity contribution in [2.75, 3.05) is 0 Å². The van der Waals surface area contributed by atoms with Gasteiger partial charge >= 0.3 is 0 Å². The molecule has 0 aliphatic rings. The Kier molecular flexibility index (Phi) is 3.92. The number of aromatic amines is 1. The quantitative estimate of drug-likeness (QED) is 0.593. The van der Waals surface area contributed by atoms with Crippen molar-refractivity contribution >= 4 is 45.7 Å². The number of nitriles is 1. The van der Waals surface area contributed by atoms with Crippen molar-refractivity contribution < 1.29 is 5.11 Å². The second-order valence-corrected chi connectivity index (χ2v) is 6.00. The molecule has 2 aromatic carbocycles. The van der Waals surface area contributed by atoms with Gasteiger partial charge in [-0.15, -0.1) is 0 Å². The molecule has 0 aliphatic carbocycles. The standard InChI is InChI=1S/C16H9Cl3N2O/c17-11-6-13(19)12(18)5-10(11)9-1-2-14-15(16(9)22)8(3-4-20)7-21-14/h1-2,5-7,21-22H,3H2. The smallest absolute Gasteiger partial charge is 0.133 e. The molecule has 1 aromatic heterocycles. The molecular weight excluding hydrogens is 343 g/mol. The van der Waals surface area contributed by atoms with Crippen LogP contribution in [0.15, 0.2) is 30.5 Å². The molecule has 22 heavy (non-hydrogen) atoms. The van der Waals surface area contributed by atoms with Gasteiger partial charge in [-0.1, -0.05) is 34.8 Å². The molecule has 0 amide bonds. The molecular formula is C16H9Cl3N2O. The normalized spacial score (nSPS) is 10.8. The van der Waals surface area contributed by atoms with Crippen LogP contribution in [-0.2, 0) is 6.42 Å². The van der Waals surface area contributed by atoms with Crippen molar-refractivity contribution in [2.45, 2.75) is 6.42 Å². The summed E-state index contributed by atoms with van der Waals surface area (Å²) in [5, 5.41) is 21.2. The maximum Gasteiger partial charge on any atom is 0.133 e. The summed E-state index contributed by atoms with van der Waals surface area (Å²) < 4.78 is 0. The minimum absolute atomic E-state index is 0.0595. The Balaban J connectivity index is 2.28. The molecule has 1 heterocycles. The van der Waals surface area contributed by atoms with Gasteiger partial charge in [0, 0.05) is 28.2 Å². The molecule has 0 bridgehead atoms. The molecule has 0 fully saturated rings. The number of rotatable bonds is 2. The van der Waals surface area contributed by atoms with Crippen LogP contribution in [0.3, 0.4) is 0 Å². The van der Waals surface area contributed by atoms with Crippen LogP contribution in [0.25, 0.3) is 22.0 Å². The monoisotopic (exact) mass is 350 g/mol. The number of nitrogens with one attached hydrogen (secondary N) is 1. The minimum atomic E-state index is 0.0595. The number of hydrogen-bond donors (Lipinski definition) is 2. The van der Waals surface area contributed by atoms with E-state index in [-0.39, 0.29) is 12.2 Å². The summed E-state index contributed by atoms with van der Waals surface area (Å²) in [6, 6.07) is 8.80. The van der Waals surface area contributed by atoms with Crippen LogP contribution < -0.4 is 0 Å². The highest BCUT2D eigenvalue weighted by Crippen LogP contribution is 2.42. The molecule has 0 atom stereocenters. The maximum atomic E-state index is 10.6. The average Bonchev–Trinajstić information content (AvgIpc) is 2.88. The largest absolute Gasteiger partial charge is 0.507 e. The average molecular weight is 352 g/mol. The van der Waals surface area contributed by atoms with Gasteiger partial charge in [0.05, 0.1) is 27.6 Å². The first-order valence-electron chi connectivity index (χ1n) is 6.36. The van der Waals surface area contributed by atoms with Crippen molar-refractivity contribution in [1.29, 1.82) is 5.26 Å². The van der Waals surface area contributed by atoms with E-state index >= 15 is 0 Å². The van der Waals surface area contributed by atoms with Crippen LogP contribution in [0, 0.1) is 11.3 Å². The summed E-state index contributed by atoms with van der Waals surface area (Å²) in [6.07, 6.45) is 1.92. The van der Waals surface area contributed by atoms with Crippen molar-refractivity contribution in [2.24, 2.45) is 0 Å². The highest BCUT2D eigenvalue weighted by Gasteiger charge is 2.16. The van der Waals surface area contributed by atoms with Crippen molar-refractivity contribution in [3.63, 3.8) is 0 Å².